The Morgan fingerprint density at radius 3 is 2.42 bits per heavy atom. The molecular weight excluding hydrogens is 285 g/mol. The molecule has 0 spiro atoms. The summed E-state index contributed by atoms with van der Waals surface area (Å²) in [6, 6.07) is 1.81. The lowest BCUT2D eigenvalue weighted by molar-refractivity contribution is 0.232. The summed E-state index contributed by atoms with van der Waals surface area (Å²) in [5.41, 5.74) is 0.439. The van der Waals surface area contributed by atoms with Crippen LogP contribution in [0.5, 0.6) is 5.88 Å². The van der Waals surface area contributed by atoms with Crippen LogP contribution in [0.3, 0.4) is 0 Å². The standard InChI is InChI=1S/C13H21Cl2N3O/c1-5-13(7-14,8-15)18-12-16-10(4)6-11(17-12)19-9(2)3/h6,9H,5,7-8H2,1-4H3,(H,16,17,18). The molecule has 1 rings (SSSR count). The first-order valence-electron chi connectivity index (χ1n) is 6.37. The minimum absolute atomic E-state index is 0.0686. The number of hydrogen-bond acceptors (Lipinski definition) is 4. The Labute approximate surface area is 124 Å². The summed E-state index contributed by atoms with van der Waals surface area (Å²) < 4.78 is 5.59. The lowest BCUT2D eigenvalue weighted by Crippen LogP contribution is -2.42. The van der Waals surface area contributed by atoms with Gasteiger partial charge in [-0.15, -0.1) is 23.2 Å². The van der Waals surface area contributed by atoms with Gasteiger partial charge in [-0.05, 0) is 27.2 Å². The van der Waals surface area contributed by atoms with Crippen molar-refractivity contribution in [2.75, 3.05) is 17.1 Å². The maximum atomic E-state index is 6.00. The van der Waals surface area contributed by atoms with E-state index in [-0.39, 0.29) is 6.10 Å². The molecule has 4 nitrogen and oxygen atoms in total. The molecule has 0 fully saturated rings. The van der Waals surface area contributed by atoms with Crippen LogP contribution in [0.4, 0.5) is 5.95 Å². The topological polar surface area (TPSA) is 47.0 Å². The van der Waals surface area contributed by atoms with E-state index in [1.54, 1.807) is 6.07 Å². The van der Waals surface area contributed by atoms with E-state index in [0.717, 1.165) is 12.1 Å². The van der Waals surface area contributed by atoms with Gasteiger partial charge < -0.3 is 10.1 Å². The molecular formula is C13H21Cl2N3O. The van der Waals surface area contributed by atoms with Gasteiger partial charge in [0.15, 0.2) is 0 Å². The zero-order valence-corrected chi connectivity index (χ0v) is 13.3. The van der Waals surface area contributed by atoms with Crippen LogP contribution in [0.2, 0.25) is 0 Å². The minimum atomic E-state index is -0.397. The van der Waals surface area contributed by atoms with Crippen LogP contribution in [-0.2, 0) is 0 Å². The number of hydrogen-bond donors (Lipinski definition) is 1. The third kappa shape index (κ3) is 4.69. The largest absolute Gasteiger partial charge is 0.475 e. The Hall–Kier alpha value is -0.740. The molecule has 0 bridgehead atoms. The second-order valence-electron chi connectivity index (χ2n) is 4.86. The van der Waals surface area contributed by atoms with Crippen molar-refractivity contribution >= 4 is 29.2 Å². The van der Waals surface area contributed by atoms with Crippen molar-refractivity contribution in [2.45, 2.75) is 45.8 Å². The smallest absolute Gasteiger partial charge is 0.226 e. The molecule has 0 aliphatic rings. The van der Waals surface area contributed by atoms with Gasteiger partial charge in [-0.3, -0.25) is 0 Å². The molecule has 1 N–H and O–H groups in total. The SMILES string of the molecule is CCC(CCl)(CCl)Nc1nc(C)cc(OC(C)C)n1. The lowest BCUT2D eigenvalue weighted by Gasteiger charge is -2.29. The van der Waals surface area contributed by atoms with Crippen LogP contribution in [-0.4, -0.2) is 33.4 Å². The molecule has 19 heavy (non-hydrogen) atoms. The van der Waals surface area contributed by atoms with Crippen molar-refractivity contribution in [3.8, 4) is 5.88 Å². The number of ether oxygens (including phenoxy) is 1. The van der Waals surface area contributed by atoms with E-state index < -0.39 is 5.54 Å². The van der Waals surface area contributed by atoms with Crippen molar-refractivity contribution in [3.63, 3.8) is 0 Å². The van der Waals surface area contributed by atoms with Crippen LogP contribution in [0.15, 0.2) is 6.07 Å². The van der Waals surface area contributed by atoms with E-state index in [1.165, 1.54) is 0 Å². The molecule has 1 aromatic rings. The molecule has 6 heteroatoms. The van der Waals surface area contributed by atoms with Gasteiger partial charge in [0.25, 0.3) is 0 Å². The van der Waals surface area contributed by atoms with Crippen molar-refractivity contribution in [1.82, 2.24) is 9.97 Å². The summed E-state index contributed by atoms with van der Waals surface area (Å²) in [7, 11) is 0. The number of halogens is 2. The van der Waals surface area contributed by atoms with Crippen LogP contribution < -0.4 is 10.1 Å². The van der Waals surface area contributed by atoms with E-state index in [4.69, 9.17) is 27.9 Å². The van der Waals surface area contributed by atoms with Crippen LogP contribution in [0.25, 0.3) is 0 Å². The summed E-state index contributed by atoms with van der Waals surface area (Å²) in [4.78, 5) is 8.69. The molecule has 1 aromatic heterocycles. The Kier molecular flexibility index (Phi) is 6.14. The van der Waals surface area contributed by atoms with Gasteiger partial charge in [-0.2, -0.15) is 4.98 Å². The van der Waals surface area contributed by atoms with E-state index in [2.05, 4.69) is 15.3 Å². The molecule has 0 saturated carbocycles. The van der Waals surface area contributed by atoms with Crippen molar-refractivity contribution < 1.29 is 4.74 Å². The number of aromatic nitrogens is 2. The zero-order valence-electron chi connectivity index (χ0n) is 11.8. The normalized spacial score (nSPS) is 11.7. The van der Waals surface area contributed by atoms with E-state index >= 15 is 0 Å². The first kappa shape index (κ1) is 16.3. The molecule has 0 saturated heterocycles. The van der Waals surface area contributed by atoms with Crippen molar-refractivity contribution in [1.29, 1.82) is 0 Å². The van der Waals surface area contributed by atoms with E-state index in [0.29, 0.717) is 23.6 Å². The maximum Gasteiger partial charge on any atom is 0.226 e. The van der Waals surface area contributed by atoms with Crippen LogP contribution >= 0.6 is 23.2 Å². The molecule has 0 aliphatic heterocycles. The van der Waals surface area contributed by atoms with Crippen LogP contribution in [0.1, 0.15) is 32.9 Å². The second kappa shape index (κ2) is 7.15. The molecule has 0 atom stereocenters. The lowest BCUT2D eigenvalue weighted by atomic mass is 10.0. The maximum absolute atomic E-state index is 6.00. The predicted octanol–water partition coefficient (Wildman–Crippen LogP) is 3.61. The number of alkyl halides is 2. The quantitative estimate of drug-likeness (QED) is 0.782. The highest BCUT2D eigenvalue weighted by atomic mass is 35.5. The average Bonchev–Trinajstić information content (AvgIpc) is 2.34. The fraction of sp³-hybridized carbons (Fsp3) is 0.692. The summed E-state index contributed by atoms with van der Waals surface area (Å²) in [5.74, 6) is 1.84. The average molecular weight is 306 g/mol. The van der Waals surface area contributed by atoms with Gasteiger partial charge in [-0.1, -0.05) is 6.92 Å². The molecule has 0 unspecified atom stereocenters. The van der Waals surface area contributed by atoms with Crippen molar-refractivity contribution in [3.05, 3.63) is 11.8 Å². The fourth-order valence-corrected chi connectivity index (χ4v) is 2.31. The third-order valence-corrected chi connectivity index (χ3v) is 3.78. The zero-order chi connectivity index (χ0) is 14.5. The number of anilines is 1. The predicted molar refractivity (Wildman–Crippen MR) is 80.6 cm³/mol. The summed E-state index contributed by atoms with van der Waals surface area (Å²) in [5, 5.41) is 3.23. The Morgan fingerprint density at radius 2 is 1.95 bits per heavy atom. The highest BCUT2D eigenvalue weighted by molar-refractivity contribution is 6.22. The molecule has 0 aromatic carbocycles. The number of rotatable bonds is 7. The second-order valence-corrected chi connectivity index (χ2v) is 5.40. The first-order chi connectivity index (χ1) is 8.94. The molecule has 0 radical (unpaired) electrons. The Balaban J connectivity index is 2.97. The van der Waals surface area contributed by atoms with E-state index in [1.807, 2.05) is 27.7 Å². The monoisotopic (exact) mass is 305 g/mol. The van der Waals surface area contributed by atoms with Crippen LogP contribution in [0, 0.1) is 6.92 Å². The number of nitrogens with zero attached hydrogens (tertiary/aromatic N) is 2. The van der Waals surface area contributed by atoms with Gasteiger partial charge >= 0.3 is 0 Å². The van der Waals surface area contributed by atoms with Crippen molar-refractivity contribution in [2.24, 2.45) is 0 Å². The highest BCUT2D eigenvalue weighted by Crippen LogP contribution is 2.22. The van der Waals surface area contributed by atoms with E-state index in [9.17, 15) is 0 Å². The molecule has 0 aliphatic carbocycles. The Bertz CT molecular complexity index is 401. The van der Waals surface area contributed by atoms with Gasteiger partial charge in [-0.25, -0.2) is 4.98 Å². The fourth-order valence-electron chi connectivity index (χ4n) is 1.51. The van der Waals surface area contributed by atoms with Gasteiger partial charge in [0.1, 0.15) is 0 Å². The van der Waals surface area contributed by atoms with Gasteiger partial charge in [0.2, 0.25) is 11.8 Å². The molecule has 108 valence electrons. The Morgan fingerprint density at radius 1 is 1.32 bits per heavy atom. The first-order valence-corrected chi connectivity index (χ1v) is 7.44. The number of nitrogens with one attached hydrogen (secondary N) is 1. The molecule has 1 heterocycles. The van der Waals surface area contributed by atoms with Gasteiger partial charge in [0.05, 0.1) is 11.6 Å². The summed E-state index contributed by atoms with van der Waals surface area (Å²) in [6.07, 6.45) is 0.858. The van der Waals surface area contributed by atoms with Gasteiger partial charge in [0, 0.05) is 23.5 Å². The molecule has 0 amide bonds. The third-order valence-electron chi connectivity index (χ3n) is 2.75. The minimum Gasteiger partial charge on any atom is -0.475 e. The summed E-state index contributed by atoms with van der Waals surface area (Å²) in [6.45, 7) is 7.84. The number of aryl methyl sites for hydroxylation is 1. The highest BCUT2D eigenvalue weighted by Gasteiger charge is 2.27. The summed E-state index contributed by atoms with van der Waals surface area (Å²) >= 11 is 12.0.